The first-order valence-electron chi connectivity index (χ1n) is 5.63. The fourth-order valence-electron chi connectivity index (χ4n) is 1.56. The van der Waals surface area contributed by atoms with Gasteiger partial charge in [-0.15, -0.1) is 0 Å². The summed E-state index contributed by atoms with van der Waals surface area (Å²) in [5.41, 5.74) is 0.676. The van der Waals surface area contributed by atoms with Crippen molar-refractivity contribution in [2.24, 2.45) is 7.05 Å². The van der Waals surface area contributed by atoms with E-state index in [1.165, 1.54) is 0 Å². The van der Waals surface area contributed by atoms with Gasteiger partial charge in [0, 0.05) is 31.5 Å². The zero-order valence-corrected chi connectivity index (χ0v) is 10.6. The van der Waals surface area contributed by atoms with Crippen molar-refractivity contribution >= 4 is 11.7 Å². The van der Waals surface area contributed by atoms with E-state index in [-0.39, 0.29) is 24.8 Å². The zero-order valence-electron chi connectivity index (χ0n) is 10.6. The lowest BCUT2D eigenvalue weighted by Crippen LogP contribution is -2.37. The van der Waals surface area contributed by atoms with Gasteiger partial charge in [0.25, 0.3) is 0 Å². The van der Waals surface area contributed by atoms with Gasteiger partial charge in [0.2, 0.25) is 5.91 Å². The lowest BCUT2D eigenvalue weighted by Gasteiger charge is -2.14. The molecule has 1 aromatic heterocycles. The van der Waals surface area contributed by atoms with Gasteiger partial charge in [-0.1, -0.05) is 0 Å². The number of rotatable bonds is 6. The van der Waals surface area contributed by atoms with Gasteiger partial charge in [0.15, 0.2) is 5.78 Å². The Morgan fingerprint density at radius 1 is 1.41 bits per heavy atom. The fourth-order valence-corrected chi connectivity index (χ4v) is 1.56. The fraction of sp³-hybridized carbons (Fsp3) is 0.500. The van der Waals surface area contributed by atoms with Gasteiger partial charge >= 0.3 is 0 Å². The van der Waals surface area contributed by atoms with E-state index in [0.29, 0.717) is 12.1 Å². The Bertz CT molecular complexity index is 398. The molecule has 17 heavy (non-hydrogen) atoms. The van der Waals surface area contributed by atoms with Crippen molar-refractivity contribution in [3.05, 3.63) is 24.0 Å². The second kappa shape index (κ2) is 6.20. The maximum atomic E-state index is 11.8. The van der Waals surface area contributed by atoms with Crippen LogP contribution in [0.5, 0.6) is 0 Å². The van der Waals surface area contributed by atoms with Gasteiger partial charge in [-0.05, 0) is 20.0 Å². The van der Waals surface area contributed by atoms with E-state index in [1.54, 1.807) is 24.2 Å². The molecule has 0 radical (unpaired) electrons. The van der Waals surface area contributed by atoms with Gasteiger partial charge < -0.3 is 9.88 Å². The maximum absolute atomic E-state index is 11.8. The molecule has 5 nitrogen and oxygen atoms in total. The smallest absolute Gasteiger partial charge is 0.234 e. The normalized spacial score (nSPS) is 10.6. The third-order valence-corrected chi connectivity index (χ3v) is 2.35. The van der Waals surface area contributed by atoms with Crippen molar-refractivity contribution in [2.45, 2.75) is 6.92 Å². The van der Waals surface area contributed by atoms with Crippen LogP contribution in [0.15, 0.2) is 18.5 Å². The van der Waals surface area contributed by atoms with Crippen LogP contribution in [0.3, 0.4) is 0 Å². The second-order valence-corrected chi connectivity index (χ2v) is 4.11. The summed E-state index contributed by atoms with van der Waals surface area (Å²) in [6, 6.07) is 1.78. The maximum Gasteiger partial charge on any atom is 0.234 e. The molecular weight excluding hydrogens is 218 g/mol. The number of Topliss-reactive ketones (excluding diaryl/α,β-unsaturated/α-hetero) is 1. The Hall–Kier alpha value is -1.62. The van der Waals surface area contributed by atoms with Crippen LogP contribution < -0.4 is 5.32 Å². The molecule has 0 aliphatic heterocycles. The minimum Gasteiger partial charge on any atom is -0.357 e. The molecule has 1 aromatic rings. The Balaban J connectivity index is 2.43. The van der Waals surface area contributed by atoms with E-state index in [9.17, 15) is 9.59 Å². The number of hydrogen-bond donors (Lipinski definition) is 1. The second-order valence-electron chi connectivity index (χ2n) is 4.11. The number of carbonyl (C=O) groups excluding carboxylic acids is 2. The predicted molar refractivity (Wildman–Crippen MR) is 65.9 cm³/mol. The van der Waals surface area contributed by atoms with Crippen LogP contribution in [0.1, 0.15) is 17.3 Å². The molecule has 0 aromatic carbocycles. The van der Waals surface area contributed by atoms with E-state index in [4.69, 9.17) is 0 Å². The van der Waals surface area contributed by atoms with Crippen LogP contribution in [0, 0.1) is 0 Å². The molecule has 0 spiro atoms. The molecule has 0 saturated carbocycles. The minimum atomic E-state index is -0.0594. The summed E-state index contributed by atoms with van der Waals surface area (Å²) >= 11 is 0. The Morgan fingerprint density at radius 3 is 2.65 bits per heavy atom. The van der Waals surface area contributed by atoms with Crippen LogP contribution >= 0.6 is 0 Å². The van der Waals surface area contributed by atoms with E-state index in [1.807, 2.05) is 24.7 Å². The molecule has 94 valence electrons. The molecule has 1 N–H and O–H groups in total. The molecule has 1 heterocycles. The summed E-state index contributed by atoms with van der Waals surface area (Å²) in [4.78, 5) is 24.8. The van der Waals surface area contributed by atoms with Gasteiger partial charge in [-0.3, -0.25) is 14.5 Å². The predicted octanol–water partition coefficient (Wildman–Crippen LogP) is 0.276. The first-order chi connectivity index (χ1) is 8.02. The quantitative estimate of drug-likeness (QED) is 0.723. The van der Waals surface area contributed by atoms with Crippen LogP contribution in [0.2, 0.25) is 0 Å². The molecule has 0 fully saturated rings. The number of amides is 1. The van der Waals surface area contributed by atoms with Gasteiger partial charge in [-0.25, -0.2) is 0 Å². The lowest BCUT2D eigenvalue weighted by molar-refractivity contribution is -0.121. The Labute approximate surface area is 101 Å². The van der Waals surface area contributed by atoms with E-state index in [0.717, 1.165) is 0 Å². The molecule has 0 aliphatic rings. The van der Waals surface area contributed by atoms with Crippen LogP contribution in [0.25, 0.3) is 0 Å². The van der Waals surface area contributed by atoms with Gasteiger partial charge in [0.1, 0.15) is 0 Å². The number of likely N-dealkylation sites (N-methyl/N-ethyl adjacent to an activating group) is 2. The van der Waals surface area contributed by atoms with Gasteiger partial charge in [0.05, 0.1) is 13.1 Å². The molecule has 0 atom stereocenters. The first kappa shape index (κ1) is 13.4. The summed E-state index contributed by atoms with van der Waals surface area (Å²) in [5, 5.41) is 2.70. The van der Waals surface area contributed by atoms with Crippen LogP contribution in [-0.2, 0) is 11.8 Å². The monoisotopic (exact) mass is 237 g/mol. The molecule has 0 unspecified atom stereocenters. The number of hydrogen-bond acceptors (Lipinski definition) is 3. The summed E-state index contributed by atoms with van der Waals surface area (Å²) in [6.07, 6.45) is 3.61. The summed E-state index contributed by atoms with van der Waals surface area (Å²) in [6.45, 7) is 2.97. The number of nitrogens with zero attached hydrogens (tertiary/aromatic N) is 2. The summed E-state index contributed by atoms with van der Waals surface area (Å²) in [7, 11) is 3.63. The number of carbonyl (C=O) groups is 2. The Morgan fingerprint density at radius 2 is 2.12 bits per heavy atom. The number of aromatic nitrogens is 1. The van der Waals surface area contributed by atoms with Crippen molar-refractivity contribution in [3.8, 4) is 0 Å². The van der Waals surface area contributed by atoms with Crippen LogP contribution in [-0.4, -0.2) is 47.8 Å². The van der Waals surface area contributed by atoms with Crippen molar-refractivity contribution in [1.82, 2.24) is 14.8 Å². The average molecular weight is 237 g/mol. The van der Waals surface area contributed by atoms with Crippen molar-refractivity contribution in [2.75, 3.05) is 26.7 Å². The topological polar surface area (TPSA) is 54.3 Å². The highest BCUT2D eigenvalue weighted by molar-refractivity contribution is 5.97. The first-order valence-corrected chi connectivity index (χ1v) is 5.63. The molecule has 0 bridgehead atoms. The number of nitrogens with one attached hydrogen (secondary N) is 1. The zero-order chi connectivity index (χ0) is 12.8. The summed E-state index contributed by atoms with van der Waals surface area (Å²) < 4.78 is 1.83. The number of ketones is 1. The number of aryl methyl sites for hydroxylation is 1. The molecular formula is C12H19N3O2. The van der Waals surface area contributed by atoms with Crippen molar-refractivity contribution in [3.63, 3.8) is 0 Å². The SMILES string of the molecule is CCNC(=O)CN(C)CC(=O)c1ccn(C)c1. The highest BCUT2D eigenvalue weighted by atomic mass is 16.2. The van der Waals surface area contributed by atoms with Crippen LogP contribution in [0.4, 0.5) is 0 Å². The average Bonchev–Trinajstić information content (AvgIpc) is 2.64. The Kier molecular flexibility index (Phi) is 4.90. The molecule has 1 rings (SSSR count). The van der Waals surface area contributed by atoms with E-state index >= 15 is 0 Å². The highest BCUT2D eigenvalue weighted by Gasteiger charge is 2.12. The molecule has 5 heteroatoms. The third-order valence-electron chi connectivity index (χ3n) is 2.35. The van der Waals surface area contributed by atoms with Crippen molar-refractivity contribution < 1.29 is 9.59 Å². The molecule has 0 aliphatic carbocycles. The highest BCUT2D eigenvalue weighted by Crippen LogP contribution is 2.01. The van der Waals surface area contributed by atoms with Gasteiger partial charge in [-0.2, -0.15) is 0 Å². The minimum absolute atomic E-state index is 0.0254. The standard InChI is InChI=1S/C12H19N3O2/c1-4-13-12(17)9-15(3)8-11(16)10-5-6-14(2)7-10/h5-7H,4,8-9H2,1-3H3,(H,13,17). The van der Waals surface area contributed by atoms with E-state index < -0.39 is 0 Å². The van der Waals surface area contributed by atoms with E-state index in [2.05, 4.69) is 5.32 Å². The third kappa shape index (κ3) is 4.40. The van der Waals surface area contributed by atoms with Crippen molar-refractivity contribution in [1.29, 1.82) is 0 Å². The largest absolute Gasteiger partial charge is 0.357 e. The lowest BCUT2D eigenvalue weighted by atomic mass is 10.2. The molecule has 0 saturated heterocycles. The molecule has 1 amide bonds. The summed E-state index contributed by atoms with van der Waals surface area (Å²) in [5.74, 6) is -0.0340.